The highest BCUT2D eigenvalue weighted by Gasteiger charge is 2.10. The smallest absolute Gasteiger partial charge is 0.230 e. The molecule has 1 aromatic carbocycles. The second kappa shape index (κ2) is 8.86. The first-order valence-corrected chi connectivity index (χ1v) is 10.0. The topological polar surface area (TPSA) is 80.0 Å². The molecule has 0 aliphatic rings. The summed E-state index contributed by atoms with van der Waals surface area (Å²) in [5.74, 6) is 2.16. The van der Waals surface area contributed by atoms with Crippen molar-refractivity contribution in [1.29, 1.82) is 0 Å². The second-order valence-electron chi connectivity index (χ2n) is 5.52. The number of carbonyl (C=O) groups excluding carboxylic acids is 1. The van der Waals surface area contributed by atoms with Gasteiger partial charge in [-0.2, -0.15) is 0 Å². The minimum atomic E-state index is -0.0792. The van der Waals surface area contributed by atoms with E-state index in [1.54, 1.807) is 24.2 Å². The van der Waals surface area contributed by atoms with Gasteiger partial charge < -0.3 is 15.1 Å². The summed E-state index contributed by atoms with van der Waals surface area (Å²) >= 11 is 3.04. The number of nitrogens with one attached hydrogen (secondary N) is 2. The number of oxazole rings is 1. The number of nitrogens with zero attached hydrogens (tertiary/aromatic N) is 2. The van der Waals surface area contributed by atoms with Gasteiger partial charge in [-0.15, -0.1) is 11.8 Å². The SMILES string of the molecule is CCc1cnc(CSc2cnc(NC(=O)Cc3cccc(NC)c3)s2)o1. The van der Waals surface area contributed by atoms with Gasteiger partial charge in [0.15, 0.2) is 5.13 Å². The van der Waals surface area contributed by atoms with E-state index in [0.29, 0.717) is 23.2 Å². The Morgan fingerprint density at radius 2 is 2.19 bits per heavy atom. The molecule has 0 fully saturated rings. The molecule has 0 aliphatic heterocycles. The third kappa shape index (κ3) is 5.09. The number of aromatic nitrogens is 2. The van der Waals surface area contributed by atoms with Crippen LogP contribution in [0.4, 0.5) is 10.8 Å². The lowest BCUT2D eigenvalue weighted by molar-refractivity contribution is -0.115. The molecule has 26 heavy (non-hydrogen) atoms. The third-order valence-electron chi connectivity index (χ3n) is 3.60. The highest BCUT2D eigenvalue weighted by Crippen LogP contribution is 2.30. The van der Waals surface area contributed by atoms with Crippen LogP contribution in [-0.4, -0.2) is 22.9 Å². The van der Waals surface area contributed by atoms with Crippen molar-refractivity contribution in [3.8, 4) is 0 Å². The first-order chi connectivity index (χ1) is 12.7. The quantitative estimate of drug-likeness (QED) is 0.563. The zero-order valence-electron chi connectivity index (χ0n) is 14.6. The van der Waals surface area contributed by atoms with Gasteiger partial charge in [0.25, 0.3) is 0 Å². The first kappa shape index (κ1) is 18.5. The van der Waals surface area contributed by atoms with Gasteiger partial charge in [-0.25, -0.2) is 9.97 Å². The van der Waals surface area contributed by atoms with E-state index in [1.165, 1.54) is 11.3 Å². The average molecular weight is 389 g/mol. The summed E-state index contributed by atoms with van der Waals surface area (Å²) in [5.41, 5.74) is 1.94. The van der Waals surface area contributed by atoms with Crippen molar-refractivity contribution in [3.63, 3.8) is 0 Å². The molecular weight excluding hydrogens is 368 g/mol. The molecule has 3 rings (SSSR count). The summed E-state index contributed by atoms with van der Waals surface area (Å²) in [6.45, 7) is 2.03. The van der Waals surface area contributed by atoms with Gasteiger partial charge in [-0.05, 0) is 17.7 Å². The minimum Gasteiger partial charge on any atom is -0.445 e. The van der Waals surface area contributed by atoms with Gasteiger partial charge in [-0.1, -0.05) is 30.4 Å². The predicted octanol–water partition coefficient (Wildman–Crippen LogP) is 4.21. The van der Waals surface area contributed by atoms with Gasteiger partial charge in [-0.3, -0.25) is 4.79 Å². The molecule has 8 heteroatoms. The van der Waals surface area contributed by atoms with Crippen LogP contribution in [0.1, 0.15) is 24.1 Å². The van der Waals surface area contributed by atoms with Crippen LogP contribution < -0.4 is 10.6 Å². The van der Waals surface area contributed by atoms with Crippen LogP contribution in [-0.2, 0) is 23.4 Å². The van der Waals surface area contributed by atoms with Gasteiger partial charge in [0.2, 0.25) is 11.8 Å². The monoisotopic (exact) mass is 388 g/mol. The molecule has 0 saturated carbocycles. The molecule has 6 nitrogen and oxygen atoms in total. The van der Waals surface area contributed by atoms with E-state index in [1.807, 2.05) is 38.2 Å². The van der Waals surface area contributed by atoms with Crippen LogP contribution >= 0.6 is 23.1 Å². The highest BCUT2D eigenvalue weighted by atomic mass is 32.2. The second-order valence-corrected chi connectivity index (χ2v) is 7.83. The van der Waals surface area contributed by atoms with Gasteiger partial charge in [0.1, 0.15) is 5.76 Å². The Morgan fingerprint density at radius 3 is 2.96 bits per heavy atom. The predicted molar refractivity (Wildman–Crippen MR) is 106 cm³/mol. The number of hydrogen-bond acceptors (Lipinski definition) is 7. The number of carbonyl (C=O) groups is 1. The summed E-state index contributed by atoms with van der Waals surface area (Å²) in [7, 11) is 1.86. The standard InChI is InChI=1S/C18H20N4O2S2/c1-3-14-9-20-16(24-14)11-25-17-10-21-18(26-17)22-15(23)8-12-5-4-6-13(7-12)19-2/h4-7,9-10,19H,3,8,11H2,1-2H3,(H,21,22,23). The maximum Gasteiger partial charge on any atom is 0.230 e. The lowest BCUT2D eigenvalue weighted by Gasteiger charge is -2.04. The molecule has 0 saturated heterocycles. The van der Waals surface area contributed by atoms with Crippen molar-refractivity contribution in [2.45, 2.75) is 29.7 Å². The van der Waals surface area contributed by atoms with E-state index in [4.69, 9.17) is 4.42 Å². The van der Waals surface area contributed by atoms with E-state index >= 15 is 0 Å². The summed E-state index contributed by atoms with van der Waals surface area (Å²) in [6, 6.07) is 7.79. The van der Waals surface area contributed by atoms with Crippen LogP contribution in [0.2, 0.25) is 0 Å². The minimum absolute atomic E-state index is 0.0792. The highest BCUT2D eigenvalue weighted by molar-refractivity contribution is 8.00. The molecule has 136 valence electrons. The Hall–Kier alpha value is -2.32. The number of hydrogen-bond donors (Lipinski definition) is 2. The number of benzene rings is 1. The lowest BCUT2D eigenvalue weighted by Crippen LogP contribution is -2.14. The Kier molecular flexibility index (Phi) is 6.30. The number of aryl methyl sites for hydroxylation is 1. The molecular formula is C18H20N4O2S2. The Balaban J connectivity index is 1.51. The van der Waals surface area contributed by atoms with Crippen molar-refractivity contribution in [1.82, 2.24) is 9.97 Å². The fourth-order valence-electron chi connectivity index (χ4n) is 2.28. The number of rotatable bonds is 8. The first-order valence-electron chi connectivity index (χ1n) is 8.25. The summed E-state index contributed by atoms with van der Waals surface area (Å²) in [4.78, 5) is 20.7. The van der Waals surface area contributed by atoms with Crippen molar-refractivity contribution in [2.24, 2.45) is 0 Å². The zero-order chi connectivity index (χ0) is 18.4. The molecule has 0 radical (unpaired) electrons. The van der Waals surface area contributed by atoms with Crippen LogP contribution in [0.3, 0.4) is 0 Å². The molecule has 0 unspecified atom stereocenters. The molecule has 0 spiro atoms. The summed E-state index contributed by atoms with van der Waals surface area (Å²) in [5, 5.41) is 6.53. The molecule has 0 atom stereocenters. The fourth-order valence-corrected chi connectivity index (χ4v) is 4.02. The Morgan fingerprint density at radius 1 is 1.31 bits per heavy atom. The largest absolute Gasteiger partial charge is 0.445 e. The van der Waals surface area contributed by atoms with Gasteiger partial charge in [0, 0.05) is 19.2 Å². The summed E-state index contributed by atoms with van der Waals surface area (Å²) in [6.07, 6.45) is 4.67. The lowest BCUT2D eigenvalue weighted by atomic mass is 10.1. The molecule has 0 aliphatic carbocycles. The van der Waals surface area contributed by atoms with Crippen LogP contribution in [0.5, 0.6) is 0 Å². The van der Waals surface area contributed by atoms with E-state index in [0.717, 1.165) is 27.6 Å². The molecule has 0 bridgehead atoms. The number of thiazole rings is 1. The maximum absolute atomic E-state index is 12.2. The Labute approximate surface area is 160 Å². The molecule has 2 aromatic heterocycles. The van der Waals surface area contributed by atoms with Crippen LogP contribution in [0.25, 0.3) is 0 Å². The van der Waals surface area contributed by atoms with E-state index in [-0.39, 0.29) is 5.91 Å². The zero-order valence-corrected chi connectivity index (χ0v) is 16.2. The number of anilines is 2. The van der Waals surface area contributed by atoms with Crippen LogP contribution in [0, 0.1) is 0 Å². The molecule has 3 aromatic rings. The molecule has 2 N–H and O–H groups in total. The van der Waals surface area contributed by atoms with E-state index < -0.39 is 0 Å². The molecule has 1 amide bonds. The number of amides is 1. The normalized spacial score (nSPS) is 10.7. The van der Waals surface area contributed by atoms with E-state index in [2.05, 4.69) is 20.6 Å². The van der Waals surface area contributed by atoms with Crippen molar-refractivity contribution in [3.05, 3.63) is 53.9 Å². The fraction of sp³-hybridized carbons (Fsp3) is 0.278. The van der Waals surface area contributed by atoms with Crippen molar-refractivity contribution in [2.75, 3.05) is 17.7 Å². The number of thioether (sulfide) groups is 1. The summed E-state index contributed by atoms with van der Waals surface area (Å²) < 4.78 is 6.60. The average Bonchev–Trinajstić information content (AvgIpc) is 3.29. The van der Waals surface area contributed by atoms with Crippen molar-refractivity contribution < 1.29 is 9.21 Å². The van der Waals surface area contributed by atoms with E-state index in [9.17, 15) is 4.79 Å². The molecule has 2 heterocycles. The third-order valence-corrected chi connectivity index (χ3v) is 5.69. The van der Waals surface area contributed by atoms with Gasteiger partial charge in [0.05, 0.1) is 28.8 Å². The Bertz CT molecular complexity index is 875. The van der Waals surface area contributed by atoms with Crippen molar-refractivity contribution >= 4 is 39.8 Å². The van der Waals surface area contributed by atoms with Crippen LogP contribution in [0.15, 0.2) is 45.3 Å². The maximum atomic E-state index is 12.2. The van der Waals surface area contributed by atoms with Gasteiger partial charge >= 0.3 is 0 Å².